The molecule has 0 bridgehead atoms. The Morgan fingerprint density at radius 3 is 2.00 bits per heavy atom. The van der Waals surface area contributed by atoms with E-state index in [1.165, 1.54) is 27.9 Å². The summed E-state index contributed by atoms with van der Waals surface area (Å²) in [5.74, 6) is 0. The van der Waals surface area contributed by atoms with Crippen molar-refractivity contribution in [3.8, 4) is 0 Å². The van der Waals surface area contributed by atoms with E-state index in [1.807, 2.05) is 0 Å². The maximum atomic E-state index is 2.67. The molecule has 1 heterocycles. The Balaban J connectivity index is 2.35. The first-order valence-electron chi connectivity index (χ1n) is 7.55. The summed E-state index contributed by atoms with van der Waals surface area (Å²) < 4.78 is 1.05. The number of alkyl halides is 2. The minimum Gasteiger partial charge on any atom is -0.343 e. The molecular formula is C19H21I2N. The maximum absolute atomic E-state index is 2.67. The first kappa shape index (κ1) is 16.6. The lowest BCUT2D eigenvalue weighted by molar-refractivity contribution is 0.481. The average molecular weight is 517 g/mol. The van der Waals surface area contributed by atoms with Crippen LogP contribution in [0.4, 0.5) is 5.69 Å². The number of para-hydroxylation sites is 1. The molecule has 2 aromatic rings. The van der Waals surface area contributed by atoms with E-state index < -0.39 is 0 Å². The molecule has 1 aliphatic heterocycles. The molecule has 0 aromatic heterocycles. The topological polar surface area (TPSA) is 3.24 Å². The summed E-state index contributed by atoms with van der Waals surface area (Å²) in [4.78, 5) is 2.61. The molecule has 0 saturated carbocycles. The molecule has 1 aliphatic rings. The van der Waals surface area contributed by atoms with Gasteiger partial charge in [0.05, 0.1) is 5.54 Å². The number of rotatable bonds is 2. The highest BCUT2D eigenvalue weighted by Crippen LogP contribution is 2.57. The third kappa shape index (κ3) is 2.22. The fraction of sp³-hybridized carbons (Fsp3) is 0.368. The Kier molecular flexibility index (Phi) is 4.25. The van der Waals surface area contributed by atoms with Crippen molar-refractivity contribution in [2.24, 2.45) is 0 Å². The van der Waals surface area contributed by atoms with Crippen LogP contribution in [0.1, 0.15) is 36.1 Å². The van der Waals surface area contributed by atoms with Crippen LogP contribution in [-0.2, 0) is 9.08 Å². The molecule has 3 heteroatoms. The van der Waals surface area contributed by atoms with E-state index in [2.05, 4.69) is 120 Å². The molecule has 3 rings (SSSR count). The van der Waals surface area contributed by atoms with Crippen LogP contribution in [0.3, 0.4) is 0 Å². The monoisotopic (exact) mass is 517 g/mol. The molecule has 0 amide bonds. The summed E-state index contributed by atoms with van der Waals surface area (Å²) in [6.07, 6.45) is 0. The number of nitrogens with zero attached hydrogens (tertiary/aromatic N) is 1. The fourth-order valence-corrected chi connectivity index (χ4v) is 6.29. The molecule has 2 aromatic carbocycles. The maximum Gasteiger partial charge on any atom is 0.127 e. The van der Waals surface area contributed by atoms with Crippen molar-refractivity contribution in [1.29, 1.82) is 0 Å². The van der Waals surface area contributed by atoms with Crippen molar-refractivity contribution in [3.63, 3.8) is 0 Å². The number of aryl methyl sites for hydroxylation is 2. The van der Waals surface area contributed by atoms with Crippen molar-refractivity contribution < 1.29 is 0 Å². The Morgan fingerprint density at radius 2 is 1.45 bits per heavy atom. The quantitative estimate of drug-likeness (QED) is 0.265. The molecule has 0 radical (unpaired) electrons. The smallest absolute Gasteiger partial charge is 0.127 e. The molecule has 22 heavy (non-hydrogen) atoms. The zero-order chi connectivity index (χ0) is 16.1. The van der Waals surface area contributed by atoms with Gasteiger partial charge in [-0.05, 0) is 84.7 Å². The van der Waals surface area contributed by atoms with E-state index >= 15 is 0 Å². The van der Waals surface area contributed by atoms with Crippen LogP contribution in [0.2, 0.25) is 0 Å². The SMILES string of the molecule is Cc1ccc(C)c2c1C(C)(C)N(c1ccccc1)C2(I)CI. The van der Waals surface area contributed by atoms with E-state index in [9.17, 15) is 0 Å². The molecule has 0 saturated heterocycles. The minimum absolute atomic E-state index is 0.00535. The Hall–Kier alpha value is -0.300. The lowest BCUT2D eigenvalue weighted by Crippen LogP contribution is -2.46. The van der Waals surface area contributed by atoms with Crippen LogP contribution in [0.25, 0.3) is 0 Å². The zero-order valence-corrected chi connectivity index (χ0v) is 17.8. The summed E-state index contributed by atoms with van der Waals surface area (Å²) >= 11 is 5.21. The van der Waals surface area contributed by atoms with Crippen LogP contribution in [-0.4, -0.2) is 4.43 Å². The lowest BCUT2D eigenvalue weighted by atomic mass is 9.87. The number of hydrogen-bond acceptors (Lipinski definition) is 1. The number of hydrogen-bond donors (Lipinski definition) is 0. The standard InChI is InChI=1S/C19H21I2N/c1-13-10-11-14(2)17-16(13)18(3,4)22(19(17,21)12-20)15-8-6-5-7-9-15/h5-11H,12H2,1-4H3. The number of benzene rings is 2. The van der Waals surface area contributed by atoms with Crippen LogP contribution in [0.5, 0.6) is 0 Å². The zero-order valence-electron chi connectivity index (χ0n) is 13.5. The van der Waals surface area contributed by atoms with E-state index in [4.69, 9.17) is 0 Å². The number of anilines is 1. The van der Waals surface area contributed by atoms with Gasteiger partial charge in [-0.25, -0.2) is 0 Å². The van der Waals surface area contributed by atoms with Crippen LogP contribution >= 0.6 is 45.2 Å². The number of halogens is 2. The van der Waals surface area contributed by atoms with Gasteiger partial charge in [0.1, 0.15) is 3.55 Å². The molecule has 0 fully saturated rings. The van der Waals surface area contributed by atoms with Crippen molar-refractivity contribution in [2.75, 3.05) is 9.33 Å². The second-order valence-corrected chi connectivity index (χ2v) is 9.12. The van der Waals surface area contributed by atoms with Gasteiger partial charge in [-0.15, -0.1) is 0 Å². The summed E-state index contributed by atoms with van der Waals surface area (Å²) in [6.45, 7) is 9.22. The van der Waals surface area contributed by atoms with Gasteiger partial charge in [0.25, 0.3) is 0 Å². The van der Waals surface area contributed by atoms with Crippen LogP contribution in [0.15, 0.2) is 42.5 Å². The first-order valence-corrected chi connectivity index (χ1v) is 10.2. The summed E-state index contributed by atoms with van der Waals surface area (Å²) in [5, 5.41) is 0. The van der Waals surface area contributed by atoms with Crippen molar-refractivity contribution in [2.45, 2.75) is 36.8 Å². The van der Waals surface area contributed by atoms with Gasteiger partial charge in [-0.3, -0.25) is 0 Å². The fourth-order valence-electron chi connectivity index (χ4n) is 3.99. The molecule has 1 nitrogen and oxygen atoms in total. The van der Waals surface area contributed by atoms with Gasteiger partial charge >= 0.3 is 0 Å². The van der Waals surface area contributed by atoms with Gasteiger partial charge < -0.3 is 4.90 Å². The van der Waals surface area contributed by atoms with Gasteiger partial charge in [0.15, 0.2) is 0 Å². The molecule has 0 N–H and O–H groups in total. The summed E-state index contributed by atoms with van der Waals surface area (Å²) in [6, 6.07) is 15.4. The molecule has 116 valence electrons. The highest BCUT2D eigenvalue weighted by Gasteiger charge is 2.53. The first-order chi connectivity index (χ1) is 10.3. The van der Waals surface area contributed by atoms with Gasteiger partial charge in [0.2, 0.25) is 0 Å². The minimum atomic E-state index is -0.0147. The van der Waals surface area contributed by atoms with E-state index in [-0.39, 0.29) is 9.08 Å². The van der Waals surface area contributed by atoms with Crippen molar-refractivity contribution in [3.05, 3.63) is 64.7 Å². The predicted octanol–water partition coefficient (Wildman–Crippen LogP) is 6.08. The van der Waals surface area contributed by atoms with E-state index in [1.54, 1.807) is 0 Å². The summed E-state index contributed by atoms with van der Waals surface area (Å²) in [5.41, 5.74) is 7.10. The van der Waals surface area contributed by atoms with Crippen molar-refractivity contribution >= 4 is 50.9 Å². The molecular weight excluding hydrogens is 496 g/mol. The third-order valence-electron chi connectivity index (χ3n) is 4.72. The normalized spacial score (nSPS) is 22.7. The molecule has 1 unspecified atom stereocenters. The highest BCUT2D eigenvalue weighted by molar-refractivity contribution is 14.1. The molecule has 0 spiro atoms. The van der Waals surface area contributed by atoms with Crippen molar-refractivity contribution in [1.82, 2.24) is 0 Å². The largest absolute Gasteiger partial charge is 0.343 e. The Bertz CT molecular complexity index is 709. The summed E-state index contributed by atoms with van der Waals surface area (Å²) in [7, 11) is 0. The van der Waals surface area contributed by atoms with E-state index in [0.29, 0.717) is 0 Å². The van der Waals surface area contributed by atoms with Gasteiger partial charge in [0, 0.05) is 10.1 Å². The Morgan fingerprint density at radius 1 is 0.909 bits per heavy atom. The van der Waals surface area contributed by atoms with E-state index in [0.717, 1.165) is 4.43 Å². The highest BCUT2D eigenvalue weighted by atomic mass is 127. The third-order valence-corrected chi connectivity index (χ3v) is 8.69. The second kappa shape index (κ2) is 5.65. The second-order valence-electron chi connectivity index (χ2n) is 6.57. The predicted molar refractivity (Wildman–Crippen MR) is 112 cm³/mol. The van der Waals surface area contributed by atoms with Crippen LogP contribution in [0, 0.1) is 13.8 Å². The number of fused-ring (bicyclic) bond motifs is 1. The molecule has 1 atom stereocenters. The van der Waals surface area contributed by atoms with Crippen LogP contribution < -0.4 is 4.90 Å². The Labute approximate surface area is 160 Å². The lowest BCUT2D eigenvalue weighted by Gasteiger charge is -2.43. The molecule has 0 aliphatic carbocycles. The van der Waals surface area contributed by atoms with Gasteiger partial charge in [-0.2, -0.15) is 0 Å². The average Bonchev–Trinajstić information content (AvgIpc) is 2.69. The van der Waals surface area contributed by atoms with Gasteiger partial charge in [-0.1, -0.05) is 52.9 Å².